The SMILES string of the molecule is CCNC(=NCc1nc(C(F)(F)F)cs1)N1CCC(CN2CCOCC2)C1.I. The van der Waals surface area contributed by atoms with Crippen molar-refractivity contribution >= 4 is 41.3 Å². The highest BCUT2D eigenvalue weighted by molar-refractivity contribution is 14.0. The average molecular weight is 533 g/mol. The van der Waals surface area contributed by atoms with Gasteiger partial charge in [0.25, 0.3) is 0 Å². The van der Waals surface area contributed by atoms with Crippen LogP contribution in [0.4, 0.5) is 13.2 Å². The number of aliphatic imine (C=N–C) groups is 1. The van der Waals surface area contributed by atoms with Gasteiger partial charge < -0.3 is 15.0 Å². The molecule has 1 atom stereocenters. The van der Waals surface area contributed by atoms with Crippen molar-refractivity contribution < 1.29 is 17.9 Å². The second-order valence-electron chi connectivity index (χ2n) is 6.81. The molecule has 11 heteroatoms. The maximum atomic E-state index is 12.7. The van der Waals surface area contributed by atoms with Crippen molar-refractivity contribution in [1.29, 1.82) is 0 Å². The summed E-state index contributed by atoms with van der Waals surface area (Å²) in [7, 11) is 0. The number of hydrogen-bond donors (Lipinski definition) is 1. The highest BCUT2D eigenvalue weighted by Crippen LogP contribution is 2.30. The Labute approximate surface area is 184 Å². The third-order valence-electron chi connectivity index (χ3n) is 4.75. The lowest BCUT2D eigenvalue weighted by Crippen LogP contribution is -2.42. The Morgan fingerprint density at radius 3 is 2.75 bits per heavy atom. The Hall–Kier alpha value is -0.660. The van der Waals surface area contributed by atoms with Crippen molar-refractivity contribution in [1.82, 2.24) is 20.1 Å². The Morgan fingerprint density at radius 2 is 2.11 bits per heavy atom. The first-order valence-electron chi connectivity index (χ1n) is 9.30. The maximum absolute atomic E-state index is 12.7. The molecule has 0 bridgehead atoms. The number of rotatable bonds is 5. The summed E-state index contributed by atoms with van der Waals surface area (Å²) in [6.07, 6.45) is -3.30. The summed E-state index contributed by atoms with van der Waals surface area (Å²) in [5.74, 6) is 1.33. The lowest BCUT2D eigenvalue weighted by molar-refractivity contribution is -0.140. The summed E-state index contributed by atoms with van der Waals surface area (Å²) in [5, 5.41) is 4.68. The number of thiazole rings is 1. The summed E-state index contributed by atoms with van der Waals surface area (Å²) in [6.45, 7) is 9.31. The zero-order valence-corrected chi connectivity index (χ0v) is 19.0. The lowest BCUT2D eigenvalue weighted by Gasteiger charge is -2.29. The van der Waals surface area contributed by atoms with Crippen molar-refractivity contribution in [2.45, 2.75) is 26.1 Å². The Bertz CT molecular complexity index is 637. The van der Waals surface area contributed by atoms with Crippen LogP contribution >= 0.6 is 35.3 Å². The molecule has 0 aromatic carbocycles. The van der Waals surface area contributed by atoms with Crippen molar-refractivity contribution in [3.63, 3.8) is 0 Å². The van der Waals surface area contributed by atoms with Gasteiger partial charge in [0.05, 0.1) is 19.8 Å². The smallest absolute Gasteiger partial charge is 0.379 e. The number of alkyl halides is 3. The Morgan fingerprint density at radius 1 is 1.36 bits per heavy atom. The van der Waals surface area contributed by atoms with Crippen LogP contribution in [0.5, 0.6) is 0 Å². The zero-order chi connectivity index (χ0) is 19.3. The molecule has 2 aliphatic rings. The third-order valence-corrected chi connectivity index (χ3v) is 5.58. The number of nitrogens with zero attached hydrogens (tertiary/aromatic N) is 4. The van der Waals surface area contributed by atoms with E-state index in [9.17, 15) is 13.2 Å². The van der Waals surface area contributed by atoms with E-state index in [1.165, 1.54) is 0 Å². The normalized spacial score (nSPS) is 21.6. The number of halogens is 4. The van der Waals surface area contributed by atoms with Gasteiger partial charge in [0, 0.05) is 44.6 Å². The van der Waals surface area contributed by atoms with Crippen molar-refractivity contribution in [3.8, 4) is 0 Å². The van der Waals surface area contributed by atoms with Gasteiger partial charge in [-0.05, 0) is 19.3 Å². The van der Waals surface area contributed by atoms with Crippen LogP contribution in [0.3, 0.4) is 0 Å². The van der Waals surface area contributed by atoms with Crippen molar-refractivity contribution in [2.24, 2.45) is 10.9 Å². The molecular formula is C17H27F3IN5OS. The van der Waals surface area contributed by atoms with E-state index in [0.29, 0.717) is 10.9 Å². The highest BCUT2D eigenvalue weighted by Gasteiger charge is 2.33. The first-order valence-corrected chi connectivity index (χ1v) is 10.2. The minimum absolute atomic E-state index is 0. The van der Waals surface area contributed by atoms with Crippen molar-refractivity contribution in [3.05, 3.63) is 16.1 Å². The van der Waals surface area contributed by atoms with Gasteiger partial charge in [0.2, 0.25) is 0 Å². The highest BCUT2D eigenvalue weighted by atomic mass is 127. The average Bonchev–Trinajstić information content (AvgIpc) is 3.29. The number of hydrogen-bond acceptors (Lipinski definition) is 5. The zero-order valence-electron chi connectivity index (χ0n) is 15.9. The standard InChI is InChI=1S/C17H26F3N5OS.HI/c1-2-21-16(22-9-15-23-14(12-27-15)17(18,19)20)25-4-3-13(11-25)10-24-5-7-26-8-6-24;/h12-13H,2-11H2,1H3,(H,21,22);1H. The number of likely N-dealkylation sites (tertiary alicyclic amines) is 1. The minimum atomic E-state index is -4.40. The third kappa shape index (κ3) is 6.70. The lowest BCUT2D eigenvalue weighted by atomic mass is 10.1. The van der Waals surface area contributed by atoms with E-state index >= 15 is 0 Å². The summed E-state index contributed by atoms with van der Waals surface area (Å²) >= 11 is 1.000. The van der Waals surface area contributed by atoms with Crippen LogP contribution in [-0.2, 0) is 17.5 Å². The fourth-order valence-corrected chi connectivity index (χ4v) is 4.13. The molecule has 2 saturated heterocycles. The molecule has 0 saturated carbocycles. The van der Waals surface area contributed by atoms with Gasteiger partial charge in [-0.3, -0.25) is 4.90 Å². The number of ether oxygens (including phenoxy) is 1. The van der Waals surface area contributed by atoms with Crippen LogP contribution in [0.15, 0.2) is 10.4 Å². The molecule has 0 amide bonds. The molecular weight excluding hydrogens is 506 g/mol. The summed E-state index contributed by atoms with van der Waals surface area (Å²) < 4.78 is 43.4. The van der Waals surface area contributed by atoms with Gasteiger partial charge in [0.15, 0.2) is 11.7 Å². The number of morpholine rings is 1. The summed E-state index contributed by atoms with van der Waals surface area (Å²) in [5.41, 5.74) is -0.838. The monoisotopic (exact) mass is 533 g/mol. The molecule has 28 heavy (non-hydrogen) atoms. The van der Waals surface area contributed by atoms with E-state index < -0.39 is 11.9 Å². The summed E-state index contributed by atoms with van der Waals surface area (Å²) in [4.78, 5) is 12.8. The van der Waals surface area contributed by atoms with Crippen molar-refractivity contribution in [2.75, 3.05) is 52.5 Å². The summed E-state index contributed by atoms with van der Waals surface area (Å²) in [6, 6.07) is 0. The molecule has 3 rings (SSSR count). The molecule has 160 valence electrons. The molecule has 3 heterocycles. The molecule has 0 spiro atoms. The van der Waals surface area contributed by atoms with Gasteiger partial charge in [-0.2, -0.15) is 13.2 Å². The van der Waals surface area contributed by atoms with Gasteiger partial charge in [-0.1, -0.05) is 0 Å². The quantitative estimate of drug-likeness (QED) is 0.359. The van der Waals surface area contributed by atoms with Gasteiger partial charge in [0.1, 0.15) is 5.01 Å². The van der Waals surface area contributed by atoms with Crippen LogP contribution < -0.4 is 5.32 Å². The maximum Gasteiger partial charge on any atom is 0.434 e. The largest absolute Gasteiger partial charge is 0.434 e. The number of aromatic nitrogens is 1. The molecule has 0 radical (unpaired) electrons. The van der Waals surface area contributed by atoms with Crippen LogP contribution in [0, 0.1) is 5.92 Å². The molecule has 2 fully saturated rings. The minimum Gasteiger partial charge on any atom is -0.379 e. The molecule has 0 aliphatic carbocycles. The topological polar surface area (TPSA) is 53.0 Å². The molecule has 1 aromatic rings. The molecule has 6 nitrogen and oxygen atoms in total. The second-order valence-corrected chi connectivity index (χ2v) is 7.75. The van der Waals surface area contributed by atoms with E-state index in [2.05, 4.69) is 25.1 Å². The predicted molar refractivity (Wildman–Crippen MR) is 114 cm³/mol. The Balaban J connectivity index is 0.00000280. The number of guanidine groups is 1. The van der Waals surface area contributed by atoms with E-state index in [1.807, 2.05) is 6.92 Å². The van der Waals surface area contributed by atoms with Crippen LogP contribution in [0.1, 0.15) is 24.0 Å². The molecule has 1 N–H and O–H groups in total. The molecule has 1 aromatic heterocycles. The van der Waals surface area contributed by atoms with Crippen LogP contribution in [0.2, 0.25) is 0 Å². The second kappa shape index (κ2) is 10.9. The fraction of sp³-hybridized carbons (Fsp3) is 0.765. The van der Waals surface area contributed by atoms with E-state index in [0.717, 1.165) is 81.6 Å². The fourth-order valence-electron chi connectivity index (χ4n) is 3.40. The van der Waals surface area contributed by atoms with Crippen LogP contribution in [-0.4, -0.2) is 73.2 Å². The molecule has 2 aliphatic heterocycles. The van der Waals surface area contributed by atoms with E-state index in [-0.39, 0.29) is 30.5 Å². The van der Waals surface area contributed by atoms with Gasteiger partial charge in [-0.15, -0.1) is 35.3 Å². The van der Waals surface area contributed by atoms with E-state index in [4.69, 9.17) is 4.74 Å². The van der Waals surface area contributed by atoms with Gasteiger partial charge in [-0.25, -0.2) is 9.98 Å². The first kappa shape index (κ1) is 23.6. The predicted octanol–water partition coefficient (Wildman–Crippen LogP) is 2.90. The van der Waals surface area contributed by atoms with E-state index in [1.54, 1.807) is 0 Å². The first-order chi connectivity index (χ1) is 13.0. The number of nitrogens with one attached hydrogen (secondary N) is 1. The molecule has 1 unspecified atom stereocenters. The van der Waals surface area contributed by atoms with Crippen LogP contribution in [0.25, 0.3) is 0 Å². The Kier molecular flexibility index (Phi) is 9.22. The van der Waals surface area contributed by atoms with Gasteiger partial charge >= 0.3 is 6.18 Å².